The molecular formula is C24H27N3O2S. The third-order valence-electron chi connectivity index (χ3n) is 5.53. The molecule has 0 aliphatic carbocycles. The van der Waals surface area contributed by atoms with Gasteiger partial charge in [0.1, 0.15) is 0 Å². The summed E-state index contributed by atoms with van der Waals surface area (Å²) in [6.07, 6.45) is 2.35. The van der Waals surface area contributed by atoms with Crippen molar-refractivity contribution in [1.29, 1.82) is 0 Å². The van der Waals surface area contributed by atoms with Crippen molar-refractivity contribution in [2.75, 3.05) is 13.2 Å². The Morgan fingerprint density at radius 1 is 1.20 bits per heavy atom. The highest BCUT2D eigenvalue weighted by atomic mass is 32.1. The van der Waals surface area contributed by atoms with Crippen molar-refractivity contribution in [3.8, 4) is 0 Å². The van der Waals surface area contributed by atoms with Gasteiger partial charge in [-0.3, -0.25) is 4.79 Å². The summed E-state index contributed by atoms with van der Waals surface area (Å²) >= 11 is 5.72. The second-order valence-corrected chi connectivity index (χ2v) is 8.21. The molecule has 5 nitrogen and oxygen atoms in total. The number of aromatic amines is 1. The van der Waals surface area contributed by atoms with Gasteiger partial charge in [-0.25, -0.2) is 0 Å². The lowest BCUT2D eigenvalue weighted by atomic mass is 10.1. The molecule has 30 heavy (non-hydrogen) atoms. The van der Waals surface area contributed by atoms with Crippen molar-refractivity contribution in [1.82, 2.24) is 15.2 Å². The van der Waals surface area contributed by atoms with Gasteiger partial charge in [0, 0.05) is 25.3 Å². The lowest BCUT2D eigenvalue weighted by Crippen LogP contribution is -2.42. The Morgan fingerprint density at radius 3 is 2.80 bits per heavy atom. The number of hydrogen-bond donors (Lipinski definition) is 2. The van der Waals surface area contributed by atoms with Crippen LogP contribution in [0.5, 0.6) is 0 Å². The van der Waals surface area contributed by atoms with Crippen LogP contribution in [0.2, 0.25) is 0 Å². The normalized spacial score (nSPS) is 16.0. The molecule has 1 aromatic heterocycles. The predicted molar refractivity (Wildman–Crippen MR) is 125 cm³/mol. The van der Waals surface area contributed by atoms with Crippen LogP contribution < -0.4 is 10.9 Å². The van der Waals surface area contributed by atoms with Crippen molar-refractivity contribution in [2.24, 2.45) is 0 Å². The SMILES string of the molecule is Cc1cccc2cc(CN(Cc3ccccc3)C(=S)NCC3CCCO3)c(=O)[nH]c12. The zero-order valence-electron chi connectivity index (χ0n) is 17.2. The maximum Gasteiger partial charge on any atom is 0.253 e. The molecule has 1 unspecified atom stereocenters. The van der Waals surface area contributed by atoms with Crippen LogP contribution in [0.15, 0.2) is 59.4 Å². The zero-order chi connectivity index (χ0) is 20.9. The summed E-state index contributed by atoms with van der Waals surface area (Å²) in [6.45, 7) is 4.58. The fourth-order valence-corrected chi connectivity index (χ4v) is 4.09. The van der Waals surface area contributed by atoms with Gasteiger partial charge in [-0.05, 0) is 54.6 Å². The summed E-state index contributed by atoms with van der Waals surface area (Å²) in [6, 6.07) is 18.2. The van der Waals surface area contributed by atoms with Gasteiger partial charge in [0.05, 0.1) is 18.2 Å². The fourth-order valence-electron chi connectivity index (χ4n) is 3.87. The van der Waals surface area contributed by atoms with Crippen LogP contribution in [0.25, 0.3) is 10.9 Å². The summed E-state index contributed by atoms with van der Waals surface area (Å²) < 4.78 is 5.70. The van der Waals surface area contributed by atoms with E-state index in [-0.39, 0.29) is 11.7 Å². The maximum absolute atomic E-state index is 12.8. The molecule has 0 bridgehead atoms. The largest absolute Gasteiger partial charge is 0.376 e. The van der Waals surface area contributed by atoms with Gasteiger partial charge in [-0.1, -0.05) is 48.5 Å². The Labute approximate surface area is 182 Å². The highest BCUT2D eigenvalue weighted by molar-refractivity contribution is 7.80. The molecule has 0 saturated carbocycles. The number of rotatable bonds is 6. The van der Waals surface area contributed by atoms with Gasteiger partial charge in [-0.2, -0.15) is 0 Å². The van der Waals surface area contributed by atoms with Crippen LogP contribution in [0.1, 0.15) is 29.5 Å². The topological polar surface area (TPSA) is 57.4 Å². The minimum Gasteiger partial charge on any atom is -0.376 e. The second kappa shape index (κ2) is 9.41. The highest BCUT2D eigenvalue weighted by Crippen LogP contribution is 2.17. The molecule has 1 saturated heterocycles. The first kappa shape index (κ1) is 20.6. The molecule has 3 aromatic rings. The first-order valence-corrected chi connectivity index (χ1v) is 10.8. The number of para-hydroxylation sites is 1. The van der Waals surface area contributed by atoms with E-state index in [0.29, 0.717) is 30.3 Å². The van der Waals surface area contributed by atoms with E-state index in [4.69, 9.17) is 17.0 Å². The van der Waals surface area contributed by atoms with E-state index in [1.54, 1.807) is 0 Å². The molecule has 2 aromatic carbocycles. The Bertz CT molecular complexity index is 1070. The molecule has 156 valence electrons. The van der Waals surface area contributed by atoms with E-state index >= 15 is 0 Å². The summed E-state index contributed by atoms with van der Waals surface area (Å²) in [5.41, 5.74) is 3.72. The van der Waals surface area contributed by atoms with Gasteiger partial charge >= 0.3 is 0 Å². The van der Waals surface area contributed by atoms with Gasteiger partial charge in [0.15, 0.2) is 5.11 Å². The minimum absolute atomic E-state index is 0.0724. The molecule has 6 heteroatoms. The average Bonchev–Trinajstić information content (AvgIpc) is 3.27. The quantitative estimate of drug-likeness (QED) is 0.592. The maximum atomic E-state index is 12.8. The summed E-state index contributed by atoms with van der Waals surface area (Å²) in [5, 5.41) is 5.02. The molecule has 1 atom stereocenters. The van der Waals surface area contributed by atoms with Crippen LogP contribution in [-0.4, -0.2) is 34.3 Å². The molecule has 1 aliphatic heterocycles. The summed E-state index contributed by atoms with van der Waals surface area (Å²) in [4.78, 5) is 17.9. The van der Waals surface area contributed by atoms with Crippen LogP contribution in [-0.2, 0) is 17.8 Å². The van der Waals surface area contributed by atoms with Gasteiger partial charge < -0.3 is 19.9 Å². The summed E-state index contributed by atoms with van der Waals surface area (Å²) in [5.74, 6) is 0. The second-order valence-electron chi connectivity index (χ2n) is 7.83. The molecular weight excluding hydrogens is 394 g/mol. The van der Waals surface area contributed by atoms with E-state index < -0.39 is 0 Å². The monoisotopic (exact) mass is 421 g/mol. The van der Waals surface area contributed by atoms with Crippen molar-refractivity contribution in [2.45, 2.75) is 39.0 Å². The Morgan fingerprint density at radius 2 is 2.03 bits per heavy atom. The number of ether oxygens (including phenoxy) is 1. The minimum atomic E-state index is -0.0724. The predicted octanol–water partition coefficient (Wildman–Crippen LogP) is 3.89. The third-order valence-corrected chi connectivity index (χ3v) is 5.94. The van der Waals surface area contributed by atoms with E-state index in [1.165, 1.54) is 0 Å². The van der Waals surface area contributed by atoms with Crippen LogP contribution in [0.3, 0.4) is 0 Å². The van der Waals surface area contributed by atoms with Gasteiger partial charge in [-0.15, -0.1) is 0 Å². The highest BCUT2D eigenvalue weighted by Gasteiger charge is 2.18. The van der Waals surface area contributed by atoms with Crippen LogP contribution in [0, 0.1) is 6.92 Å². The van der Waals surface area contributed by atoms with E-state index in [0.717, 1.165) is 41.5 Å². The molecule has 0 radical (unpaired) electrons. The Kier molecular flexibility index (Phi) is 6.45. The van der Waals surface area contributed by atoms with Crippen molar-refractivity contribution in [3.05, 3.63) is 81.6 Å². The number of H-pyrrole nitrogens is 1. The number of hydrogen-bond acceptors (Lipinski definition) is 3. The Hall–Kier alpha value is -2.70. The number of fused-ring (bicyclic) bond motifs is 1. The molecule has 1 fully saturated rings. The number of nitrogens with zero attached hydrogens (tertiary/aromatic N) is 1. The molecule has 0 spiro atoms. The molecule has 4 rings (SSSR count). The van der Waals surface area contributed by atoms with Crippen LogP contribution in [0.4, 0.5) is 0 Å². The molecule has 0 amide bonds. The van der Waals surface area contributed by atoms with Gasteiger partial charge in [0.2, 0.25) is 0 Å². The summed E-state index contributed by atoms with van der Waals surface area (Å²) in [7, 11) is 0. The number of thiocarbonyl (C=S) groups is 1. The molecule has 1 aliphatic rings. The van der Waals surface area contributed by atoms with E-state index in [1.807, 2.05) is 54.3 Å². The number of nitrogens with one attached hydrogen (secondary N) is 2. The first-order chi connectivity index (χ1) is 14.6. The number of pyridine rings is 1. The third kappa shape index (κ3) is 4.89. The van der Waals surface area contributed by atoms with E-state index in [9.17, 15) is 4.79 Å². The lowest BCUT2D eigenvalue weighted by Gasteiger charge is -2.27. The number of benzene rings is 2. The molecule has 2 heterocycles. The number of aromatic nitrogens is 1. The van der Waals surface area contributed by atoms with Crippen molar-refractivity contribution in [3.63, 3.8) is 0 Å². The fraction of sp³-hybridized carbons (Fsp3) is 0.333. The zero-order valence-corrected chi connectivity index (χ0v) is 18.0. The average molecular weight is 422 g/mol. The number of aryl methyl sites for hydroxylation is 1. The Balaban J connectivity index is 1.57. The molecule has 2 N–H and O–H groups in total. The van der Waals surface area contributed by atoms with E-state index in [2.05, 4.69) is 22.4 Å². The smallest absolute Gasteiger partial charge is 0.253 e. The lowest BCUT2D eigenvalue weighted by molar-refractivity contribution is 0.113. The van der Waals surface area contributed by atoms with Gasteiger partial charge in [0.25, 0.3) is 5.56 Å². The van der Waals surface area contributed by atoms with Crippen molar-refractivity contribution < 1.29 is 4.74 Å². The first-order valence-electron chi connectivity index (χ1n) is 10.4. The standard InChI is InChI=1S/C24H27N3O2S/c1-17-7-5-10-19-13-20(23(28)26-22(17)19)16-27(15-18-8-3-2-4-9-18)24(30)25-14-21-11-6-12-29-21/h2-5,7-10,13,21H,6,11-12,14-16H2,1H3,(H,25,30)(H,26,28). The van der Waals surface area contributed by atoms with Crippen molar-refractivity contribution >= 4 is 28.2 Å². The van der Waals surface area contributed by atoms with Crippen LogP contribution >= 0.6 is 12.2 Å².